The van der Waals surface area contributed by atoms with Gasteiger partial charge in [0.15, 0.2) is 0 Å². The monoisotopic (exact) mass is 475 g/mol. The second-order valence-electron chi connectivity index (χ2n) is 11.7. The first kappa shape index (κ1) is 15.4. The highest BCUT2D eigenvalue weighted by Gasteiger charge is 2.37. The van der Waals surface area contributed by atoms with Crippen molar-refractivity contribution in [2.45, 2.75) is 77.6 Å². The van der Waals surface area contributed by atoms with Gasteiger partial charge in [0.1, 0.15) is 0 Å². The Morgan fingerprint density at radius 3 is 2.15 bits per heavy atom. The quantitative estimate of drug-likeness (QED) is 0.311. The molecule has 1 aromatic heterocycles. The second kappa shape index (κ2) is 7.99. The summed E-state index contributed by atoms with van der Waals surface area (Å²) < 4.78 is 70.1. The van der Waals surface area contributed by atoms with Crippen molar-refractivity contribution in [1.82, 2.24) is 0 Å². The minimum atomic E-state index is -0.694. The van der Waals surface area contributed by atoms with Gasteiger partial charge in [-0.1, -0.05) is 84.7 Å². The Labute approximate surface area is 220 Å². The highest BCUT2D eigenvalue weighted by atomic mass is 32.1. The smallest absolute Gasteiger partial charge is 0.0939 e. The van der Waals surface area contributed by atoms with Gasteiger partial charge in [-0.2, -0.15) is 0 Å². The third-order valence-corrected chi connectivity index (χ3v) is 8.06. The molecule has 2 heteroatoms. The third-order valence-electron chi connectivity index (χ3n) is 7.05. The van der Waals surface area contributed by atoms with Gasteiger partial charge in [-0.05, 0) is 87.0 Å². The van der Waals surface area contributed by atoms with Crippen molar-refractivity contribution in [2.75, 3.05) is 5.32 Å². The van der Waals surface area contributed by atoms with Crippen molar-refractivity contribution in [2.24, 2.45) is 0 Å². The summed E-state index contributed by atoms with van der Waals surface area (Å²) >= 11 is 1.50. The van der Waals surface area contributed by atoms with Gasteiger partial charge in [-0.3, -0.25) is 0 Å². The van der Waals surface area contributed by atoms with E-state index in [1.807, 2.05) is 26.8 Å². The van der Waals surface area contributed by atoms with E-state index in [0.29, 0.717) is 5.00 Å². The van der Waals surface area contributed by atoms with Crippen LogP contribution >= 0.6 is 11.3 Å². The van der Waals surface area contributed by atoms with Crippen LogP contribution in [0.1, 0.15) is 89.0 Å². The van der Waals surface area contributed by atoms with Gasteiger partial charge in [0.05, 0.1) is 16.0 Å². The molecule has 5 rings (SSSR count). The number of benzene rings is 3. The lowest BCUT2D eigenvalue weighted by Gasteiger charge is -2.41. The van der Waals surface area contributed by atoms with Gasteiger partial charge < -0.3 is 5.32 Å². The van der Waals surface area contributed by atoms with Crippen LogP contribution in [0.3, 0.4) is 0 Å². The van der Waals surface area contributed by atoms with Crippen LogP contribution in [0.2, 0.25) is 0 Å². The van der Waals surface area contributed by atoms with Crippen LogP contribution in [-0.2, 0) is 16.2 Å². The molecule has 34 heavy (non-hydrogen) atoms. The molecule has 0 bridgehead atoms. The van der Waals surface area contributed by atoms with E-state index in [1.54, 1.807) is 0 Å². The van der Waals surface area contributed by atoms with Crippen molar-refractivity contribution >= 4 is 32.1 Å². The van der Waals surface area contributed by atoms with E-state index in [-0.39, 0.29) is 51.3 Å². The molecule has 0 aliphatic heterocycles. The lowest BCUT2D eigenvalue weighted by molar-refractivity contribution is 0.332. The van der Waals surface area contributed by atoms with Gasteiger partial charge in [0.25, 0.3) is 0 Å². The summed E-state index contributed by atoms with van der Waals surface area (Å²) in [7, 11) is 0. The molecule has 176 valence electrons. The van der Waals surface area contributed by atoms with Crippen LogP contribution in [0.4, 0.5) is 10.7 Å². The van der Waals surface area contributed by atoms with Gasteiger partial charge in [0, 0.05) is 16.0 Å². The van der Waals surface area contributed by atoms with Crippen LogP contribution in [0, 0.1) is 0 Å². The molecule has 1 aliphatic rings. The summed E-state index contributed by atoms with van der Waals surface area (Å²) in [5, 5.41) is 5.02. The molecule has 0 spiro atoms. The Morgan fingerprint density at radius 2 is 1.50 bits per heavy atom. The maximum atomic E-state index is 9.20. The van der Waals surface area contributed by atoms with Gasteiger partial charge in [0.2, 0.25) is 0 Å². The van der Waals surface area contributed by atoms with Crippen LogP contribution in [0.15, 0.2) is 66.5 Å². The van der Waals surface area contributed by atoms with E-state index in [0.717, 1.165) is 22.9 Å². The third kappa shape index (κ3) is 4.18. The topological polar surface area (TPSA) is 12.0 Å². The number of rotatable bonds is 3. The maximum Gasteiger partial charge on any atom is 0.0939 e. The van der Waals surface area contributed by atoms with Crippen LogP contribution in [0.5, 0.6) is 0 Å². The molecule has 4 aromatic rings. The van der Waals surface area contributed by atoms with Crippen LogP contribution in [0.25, 0.3) is 21.2 Å². The molecular formula is C32H37NS. The van der Waals surface area contributed by atoms with Gasteiger partial charge in [-0.25, -0.2) is 0 Å². The highest BCUT2D eigenvalue weighted by Crippen LogP contribution is 2.48. The minimum absolute atomic E-state index is 0.0388. The fraction of sp³-hybridized carbons (Fsp3) is 0.375. The molecule has 0 radical (unpaired) electrons. The van der Waals surface area contributed by atoms with Gasteiger partial charge >= 0.3 is 0 Å². The first-order valence-electron chi connectivity index (χ1n) is 15.8. The van der Waals surface area contributed by atoms with E-state index in [1.165, 1.54) is 22.5 Å². The van der Waals surface area contributed by atoms with E-state index < -0.39 is 35.6 Å². The highest BCUT2D eigenvalue weighted by molar-refractivity contribution is 7.22. The normalized spacial score (nSPS) is 20.2. The predicted octanol–water partition coefficient (Wildman–Crippen LogP) is 9.96. The summed E-state index contributed by atoms with van der Waals surface area (Å²) in [6.45, 7) is 14.6. The van der Waals surface area contributed by atoms with Crippen LogP contribution in [-0.4, -0.2) is 0 Å². The van der Waals surface area contributed by atoms with Crippen molar-refractivity contribution < 1.29 is 11.0 Å². The average Bonchev–Trinajstić information content (AvgIpc) is 3.29. The molecule has 3 aromatic carbocycles. The van der Waals surface area contributed by atoms with E-state index in [9.17, 15) is 1.37 Å². The van der Waals surface area contributed by atoms with Crippen molar-refractivity contribution in [3.05, 3.63) is 83.2 Å². The number of thiophene rings is 1. The molecule has 0 unspecified atom stereocenters. The van der Waals surface area contributed by atoms with Crippen molar-refractivity contribution in [1.29, 1.82) is 0 Å². The molecule has 0 fully saturated rings. The number of nitrogens with one attached hydrogen (secondary N) is 1. The molecule has 1 nitrogen and oxygen atoms in total. The average molecular weight is 476 g/mol. The molecule has 0 amide bonds. The van der Waals surface area contributed by atoms with Crippen molar-refractivity contribution in [3.63, 3.8) is 0 Å². The molecular weight excluding hydrogens is 430 g/mol. The Balaban J connectivity index is 1.79. The summed E-state index contributed by atoms with van der Waals surface area (Å²) in [5.74, 6) is 0. The summed E-state index contributed by atoms with van der Waals surface area (Å²) in [6.07, 6.45) is 2.19. The largest absolute Gasteiger partial charge is 0.347 e. The number of hydrogen-bond acceptors (Lipinski definition) is 2. The minimum Gasteiger partial charge on any atom is -0.347 e. The second-order valence-corrected chi connectivity index (χ2v) is 12.8. The number of fused-ring (bicyclic) bond motifs is 2. The van der Waals surface area contributed by atoms with E-state index in [2.05, 4.69) is 45.1 Å². The summed E-state index contributed by atoms with van der Waals surface area (Å²) in [4.78, 5) is 0. The fourth-order valence-corrected chi connectivity index (χ4v) is 5.71. The zero-order chi connectivity index (χ0) is 31.3. The molecule has 1 N–H and O–H groups in total. The summed E-state index contributed by atoms with van der Waals surface area (Å²) in [6, 6.07) is 3.66. The first-order valence-corrected chi connectivity index (χ1v) is 12.7. The fourth-order valence-electron chi connectivity index (χ4n) is 4.72. The van der Waals surface area contributed by atoms with E-state index in [4.69, 9.17) is 9.60 Å². The molecule has 0 saturated heterocycles. The lowest BCUT2D eigenvalue weighted by atomic mass is 9.63. The molecule has 1 heterocycles. The standard InChI is InChI=1S/C32H37NS/c1-30(2,3)23-13-14-27(24(19-23)21-11-9-8-10-12-21)33-29-18-22-17-25-26(20-28(22)34-29)32(6,7)16-15-31(25,4)5/h8-14,17-20,33H,15-16H2,1-7H3/i8D,9D,10D,11D,12D,13D,14D,19D. The molecule has 1 aliphatic carbocycles. The Hall–Kier alpha value is -2.58. The van der Waals surface area contributed by atoms with E-state index >= 15 is 0 Å². The summed E-state index contributed by atoms with van der Waals surface area (Å²) in [5.41, 5.74) is 2.32. The van der Waals surface area contributed by atoms with Gasteiger partial charge in [-0.15, -0.1) is 11.3 Å². The SMILES string of the molecule is [2H]c1c([2H])c([2H])c(-c2c([2H])c(C(C)(C)C)c([2H])c([2H])c2Nc2cc3cc4c(cc3s2)C(C)(C)CCC4(C)C)c([2H])c1[2H]. The number of hydrogen-bond donors (Lipinski definition) is 1. The first-order chi connectivity index (χ1) is 19.3. The zero-order valence-corrected chi connectivity index (χ0v) is 21.9. The molecule has 0 saturated carbocycles. The maximum absolute atomic E-state index is 9.20. The predicted molar refractivity (Wildman–Crippen MR) is 151 cm³/mol. The Bertz CT molecular complexity index is 1700. The lowest BCUT2D eigenvalue weighted by Crippen LogP contribution is -2.33. The molecule has 0 atom stereocenters. The Morgan fingerprint density at radius 1 is 0.853 bits per heavy atom. The Kier molecular flexibility index (Phi) is 3.62. The zero-order valence-electron chi connectivity index (χ0n) is 29.1. The number of anilines is 2. The van der Waals surface area contributed by atoms with Crippen LogP contribution < -0.4 is 5.32 Å². The van der Waals surface area contributed by atoms with Crippen molar-refractivity contribution in [3.8, 4) is 11.1 Å².